The normalized spacial score (nSPS) is 18.6. The number of nitrogens with one attached hydrogen (secondary N) is 1. The third-order valence-corrected chi connectivity index (χ3v) is 2.93. The topological polar surface area (TPSA) is 12.0 Å². The Balaban J connectivity index is 2.22. The van der Waals surface area contributed by atoms with Crippen molar-refractivity contribution in [2.75, 3.05) is 6.54 Å². The molecule has 86 valence electrons. The fraction of sp³-hybridized carbons (Fsp3) is 0.333. The molecule has 1 atom stereocenters. The van der Waals surface area contributed by atoms with Crippen LogP contribution in [0.1, 0.15) is 23.6 Å². The van der Waals surface area contributed by atoms with Gasteiger partial charge in [-0.2, -0.15) is 0 Å². The number of rotatable bonds is 3. The predicted octanol–water partition coefficient (Wildman–Crippen LogP) is 3.29. The minimum absolute atomic E-state index is 0.0318. The first-order valence-electron chi connectivity index (χ1n) is 5.12. The van der Waals surface area contributed by atoms with Gasteiger partial charge in [0.1, 0.15) is 11.6 Å². The molecule has 0 fully saturated rings. The lowest BCUT2D eigenvalue weighted by molar-refractivity contribution is 0.554. The van der Waals surface area contributed by atoms with Gasteiger partial charge in [0.2, 0.25) is 0 Å². The average molecular weight is 244 g/mol. The molecule has 1 aromatic rings. The third-order valence-electron chi connectivity index (χ3n) is 2.79. The van der Waals surface area contributed by atoms with Crippen LogP contribution >= 0.6 is 11.6 Å². The number of halogens is 3. The fourth-order valence-electron chi connectivity index (χ4n) is 2.09. The molecule has 0 heterocycles. The molecular weight excluding hydrogens is 232 g/mol. The zero-order valence-electron chi connectivity index (χ0n) is 8.69. The van der Waals surface area contributed by atoms with Gasteiger partial charge in [0, 0.05) is 23.7 Å². The first-order valence-corrected chi connectivity index (χ1v) is 5.50. The van der Waals surface area contributed by atoms with E-state index in [1.165, 1.54) is 6.07 Å². The van der Waals surface area contributed by atoms with E-state index in [-0.39, 0.29) is 6.04 Å². The van der Waals surface area contributed by atoms with Gasteiger partial charge in [-0.05, 0) is 30.0 Å². The lowest BCUT2D eigenvalue weighted by Crippen LogP contribution is -2.20. The molecule has 0 aromatic heterocycles. The molecule has 1 aromatic carbocycles. The number of hydrogen-bond donors (Lipinski definition) is 1. The summed E-state index contributed by atoms with van der Waals surface area (Å²) in [6.07, 6.45) is 1.40. The van der Waals surface area contributed by atoms with Gasteiger partial charge >= 0.3 is 0 Å². The summed E-state index contributed by atoms with van der Waals surface area (Å²) in [5, 5.41) is 3.62. The van der Waals surface area contributed by atoms with Crippen molar-refractivity contribution in [2.45, 2.75) is 18.9 Å². The van der Waals surface area contributed by atoms with E-state index in [9.17, 15) is 8.78 Å². The molecule has 4 heteroatoms. The van der Waals surface area contributed by atoms with Gasteiger partial charge in [-0.15, -0.1) is 0 Å². The Morgan fingerprint density at radius 2 is 2.25 bits per heavy atom. The molecule has 1 N–H and O–H groups in total. The Morgan fingerprint density at radius 3 is 2.94 bits per heavy atom. The highest BCUT2D eigenvalue weighted by Crippen LogP contribution is 2.33. The molecular formula is C12H12ClF2N. The Morgan fingerprint density at radius 1 is 1.50 bits per heavy atom. The van der Waals surface area contributed by atoms with Gasteiger partial charge in [0.15, 0.2) is 0 Å². The highest BCUT2D eigenvalue weighted by molar-refractivity contribution is 6.29. The van der Waals surface area contributed by atoms with Crippen molar-refractivity contribution in [3.8, 4) is 0 Å². The van der Waals surface area contributed by atoms with E-state index in [0.717, 1.165) is 12.5 Å². The SMILES string of the molecule is C=C(Cl)CNC1CCc2c(F)cc(F)cc21. The lowest BCUT2D eigenvalue weighted by atomic mass is 10.1. The average Bonchev–Trinajstić information content (AvgIpc) is 2.58. The molecule has 2 rings (SSSR count). The molecule has 1 unspecified atom stereocenters. The highest BCUT2D eigenvalue weighted by atomic mass is 35.5. The Bertz CT molecular complexity index is 431. The molecule has 0 spiro atoms. The summed E-state index contributed by atoms with van der Waals surface area (Å²) in [4.78, 5) is 0. The van der Waals surface area contributed by atoms with E-state index < -0.39 is 11.6 Å². The van der Waals surface area contributed by atoms with Crippen molar-refractivity contribution < 1.29 is 8.78 Å². The van der Waals surface area contributed by atoms with Crippen molar-refractivity contribution in [3.63, 3.8) is 0 Å². The van der Waals surface area contributed by atoms with Crippen LogP contribution in [-0.4, -0.2) is 6.54 Å². The fourth-order valence-corrected chi connectivity index (χ4v) is 2.17. The summed E-state index contributed by atoms with van der Waals surface area (Å²) in [5.41, 5.74) is 1.31. The predicted molar refractivity (Wildman–Crippen MR) is 60.4 cm³/mol. The summed E-state index contributed by atoms with van der Waals surface area (Å²) >= 11 is 5.64. The van der Waals surface area contributed by atoms with Crippen LogP contribution in [0.2, 0.25) is 0 Å². The quantitative estimate of drug-likeness (QED) is 0.859. The molecule has 0 saturated carbocycles. The van der Waals surface area contributed by atoms with E-state index in [4.69, 9.17) is 11.6 Å². The van der Waals surface area contributed by atoms with E-state index in [0.29, 0.717) is 29.1 Å². The van der Waals surface area contributed by atoms with Crippen molar-refractivity contribution in [2.24, 2.45) is 0 Å². The zero-order valence-corrected chi connectivity index (χ0v) is 9.45. The number of fused-ring (bicyclic) bond motifs is 1. The summed E-state index contributed by atoms with van der Waals surface area (Å²) in [6, 6.07) is 2.29. The maximum Gasteiger partial charge on any atom is 0.129 e. The second-order valence-corrected chi connectivity index (χ2v) is 4.48. The van der Waals surface area contributed by atoms with Crippen LogP contribution in [0.3, 0.4) is 0 Å². The Hall–Kier alpha value is -0.930. The molecule has 0 saturated heterocycles. The Labute approximate surface area is 98.1 Å². The first kappa shape index (κ1) is 11.6. The second kappa shape index (κ2) is 4.52. The first-order chi connectivity index (χ1) is 7.58. The molecule has 1 aliphatic rings. The van der Waals surface area contributed by atoms with Crippen LogP contribution < -0.4 is 5.32 Å². The molecule has 0 aliphatic heterocycles. The summed E-state index contributed by atoms with van der Waals surface area (Å²) < 4.78 is 26.5. The smallest absolute Gasteiger partial charge is 0.129 e. The molecule has 0 radical (unpaired) electrons. The van der Waals surface area contributed by atoms with Crippen molar-refractivity contribution in [1.82, 2.24) is 5.32 Å². The summed E-state index contributed by atoms with van der Waals surface area (Å²) in [6.45, 7) is 4.01. The van der Waals surface area contributed by atoms with E-state index in [2.05, 4.69) is 11.9 Å². The molecule has 0 bridgehead atoms. The van der Waals surface area contributed by atoms with Crippen LogP contribution in [0, 0.1) is 11.6 Å². The molecule has 0 amide bonds. The lowest BCUT2D eigenvalue weighted by Gasteiger charge is -2.13. The van der Waals surface area contributed by atoms with Crippen LogP contribution in [0.5, 0.6) is 0 Å². The summed E-state index contributed by atoms with van der Waals surface area (Å²) in [7, 11) is 0. The Kier molecular flexibility index (Phi) is 3.26. The molecule has 1 aliphatic carbocycles. The maximum absolute atomic E-state index is 13.4. The van der Waals surface area contributed by atoms with Crippen LogP contribution in [0.15, 0.2) is 23.7 Å². The van der Waals surface area contributed by atoms with Gasteiger partial charge in [-0.1, -0.05) is 18.2 Å². The van der Waals surface area contributed by atoms with Crippen LogP contribution in [0.25, 0.3) is 0 Å². The zero-order chi connectivity index (χ0) is 11.7. The molecule has 1 nitrogen and oxygen atoms in total. The van der Waals surface area contributed by atoms with Gasteiger partial charge in [0.05, 0.1) is 0 Å². The third kappa shape index (κ3) is 2.25. The standard InChI is InChI=1S/C12H12ClF2N/c1-7(13)6-16-12-3-2-9-10(12)4-8(14)5-11(9)15/h4-5,12,16H,1-3,6H2. The minimum Gasteiger partial charge on any atom is -0.305 e. The van der Waals surface area contributed by atoms with Crippen molar-refractivity contribution >= 4 is 11.6 Å². The van der Waals surface area contributed by atoms with Gasteiger partial charge in [0.25, 0.3) is 0 Å². The van der Waals surface area contributed by atoms with Crippen molar-refractivity contribution in [3.05, 3.63) is 46.5 Å². The second-order valence-electron chi connectivity index (χ2n) is 3.94. The minimum atomic E-state index is -0.533. The largest absolute Gasteiger partial charge is 0.305 e. The van der Waals surface area contributed by atoms with E-state index in [1.807, 2.05) is 0 Å². The van der Waals surface area contributed by atoms with Crippen LogP contribution in [0.4, 0.5) is 8.78 Å². The van der Waals surface area contributed by atoms with Gasteiger partial charge in [-0.25, -0.2) is 8.78 Å². The van der Waals surface area contributed by atoms with Crippen LogP contribution in [-0.2, 0) is 6.42 Å². The number of benzene rings is 1. The monoisotopic (exact) mass is 243 g/mol. The van der Waals surface area contributed by atoms with Crippen molar-refractivity contribution in [1.29, 1.82) is 0 Å². The molecule has 16 heavy (non-hydrogen) atoms. The van der Waals surface area contributed by atoms with Gasteiger partial charge in [-0.3, -0.25) is 0 Å². The maximum atomic E-state index is 13.4. The van der Waals surface area contributed by atoms with E-state index in [1.54, 1.807) is 0 Å². The summed E-state index contributed by atoms with van der Waals surface area (Å²) in [5.74, 6) is -0.987. The van der Waals surface area contributed by atoms with E-state index >= 15 is 0 Å². The highest BCUT2D eigenvalue weighted by Gasteiger charge is 2.25. The number of hydrogen-bond acceptors (Lipinski definition) is 1. The van der Waals surface area contributed by atoms with Gasteiger partial charge < -0.3 is 5.32 Å².